The number of imidazole rings is 1. The fourth-order valence-electron chi connectivity index (χ4n) is 2.58. The van der Waals surface area contributed by atoms with E-state index >= 15 is 0 Å². The van der Waals surface area contributed by atoms with E-state index in [0.717, 1.165) is 21.7 Å². The van der Waals surface area contributed by atoms with Crippen LogP contribution in [-0.4, -0.2) is 29.5 Å². The molecule has 1 aliphatic carbocycles. The maximum absolute atomic E-state index is 11.9. The molecule has 0 radical (unpaired) electrons. The topological polar surface area (TPSA) is 84.2 Å². The van der Waals surface area contributed by atoms with E-state index in [9.17, 15) is 13.5 Å². The summed E-state index contributed by atoms with van der Waals surface area (Å²) in [5, 5.41) is 10.5. The molecule has 1 atom stereocenters. The van der Waals surface area contributed by atoms with E-state index in [0.29, 0.717) is 0 Å². The van der Waals surface area contributed by atoms with Crippen molar-refractivity contribution in [2.75, 3.05) is 7.05 Å². The summed E-state index contributed by atoms with van der Waals surface area (Å²) in [6, 6.07) is 1.99. The second kappa shape index (κ2) is 5.53. The highest BCUT2D eigenvalue weighted by molar-refractivity contribution is 7.87. The molecule has 0 amide bonds. The van der Waals surface area contributed by atoms with E-state index in [1.54, 1.807) is 11.3 Å². The molecule has 0 saturated heterocycles. The van der Waals surface area contributed by atoms with Gasteiger partial charge in [0.1, 0.15) is 12.4 Å². The van der Waals surface area contributed by atoms with E-state index in [2.05, 4.69) is 9.71 Å². The maximum Gasteiger partial charge on any atom is 0.306 e. The van der Waals surface area contributed by atoms with Crippen molar-refractivity contribution in [2.24, 2.45) is 0 Å². The summed E-state index contributed by atoms with van der Waals surface area (Å²) in [5.74, 6) is 0. The smallest absolute Gasteiger partial charge is 0.306 e. The third-order valence-corrected chi connectivity index (χ3v) is 6.34. The summed E-state index contributed by atoms with van der Waals surface area (Å²) in [5.41, 5.74) is 1.53. The summed E-state index contributed by atoms with van der Waals surface area (Å²) in [4.78, 5) is 5.93. The highest BCUT2D eigenvalue weighted by Gasteiger charge is 2.24. The van der Waals surface area contributed by atoms with Crippen molar-refractivity contribution in [2.45, 2.75) is 31.8 Å². The summed E-state index contributed by atoms with van der Waals surface area (Å²) in [7, 11) is -2.36. The van der Waals surface area contributed by atoms with Crippen LogP contribution in [0.1, 0.15) is 40.0 Å². The molecule has 0 spiro atoms. The van der Waals surface area contributed by atoms with Crippen LogP contribution in [0.2, 0.25) is 0 Å². The highest BCUT2D eigenvalue weighted by Crippen LogP contribution is 2.35. The van der Waals surface area contributed by atoms with Crippen LogP contribution in [0.4, 0.5) is 0 Å². The molecule has 3 rings (SSSR count). The number of hydrogen-bond acceptors (Lipinski definition) is 5. The molecule has 2 N–H and O–H groups in total. The third kappa shape index (κ3) is 2.64. The van der Waals surface area contributed by atoms with Crippen molar-refractivity contribution >= 4 is 21.5 Å². The van der Waals surface area contributed by atoms with Crippen molar-refractivity contribution < 1.29 is 13.5 Å². The van der Waals surface area contributed by atoms with Gasteiger partial charge in [-0.15, -0.1) is 11.3 Å². The molecule has 8 heteroatoms. The molecular formula is C13H17N3O3S2. The maximum atomic E-state index is 11.9. The number of hydrogen-bond donors (Lipinski definition) is 2. The molecule has 1 unspecified atom stereocenters. The molecular weight excluding hydrogens is 310 g/mol. The Morgan fingerprint density at radius 2 is 2.19 bits per heavy atom. The minimum absolute atomic E-state index is 0.253. The van der Waals surface area contributed by atoms with Crippen LogP contribution in [0.25, 0.3) is 0 Å². The zero-order valence-electron chi connectivity index (χ0n) is 11.6. The van der Waals surface area contributed by atoms with Gasteiger partial charge in [-0.25, -0.2) is 13.7 Å². The monoisotopic (exact) mass is 327 g/mol. The summed E-state index contributed by atoms with van der Waals surface area (Å²) >= 11 is 1.56. The Labute approximate surface area is 127 Å². The second-order valence-corrected chi connectivity index (χ2v) is 7.95. The number of aliphatic hydroxyl groups is 1. The molecule has 0 bridgehead atoms. The average Bonchev–Trinajstić information content (AvgIpc) is 3.13. The average molecular weight is 327 g/mol. The number of rotatable bonds is 4. The van der Waals surface area contributed by atoms with Gasteiger partial charge in [0, 0.05) is 16.8 Å². The zero-order chi connectivity index (χ0) is 15.0. The lowest BCUT2D eigenvalue weighted by Gasteiger charge is -2.12. The Morgan fingerprint density at radius 3 is 2.90 bits per heavy atom. The van der Waals surface area contributed by atoms with Gasteiger partial charge in [-0.3, -0.25) is 0 Å². The van der Waals surface area contributed by atoms with Crippen LogP contribution >= 0.6 is 11.3 Å². The molecule has 21 heavy (non-hydrogen) atoms. The van der Waals surface area contributed by atoms with Gasteiger partial charge in [-0.1, -0.05) is 0 Å². The van der Waals surface area contributed by atoms with Crippen LogP contribution in [0, 0.1) is 0 Å². The van der Waals surface area contributed by atoms with Crippen molar-refractivity contribution in [1.29, 1.82) is 0 Å². The lowest BCUT2D eigenvalue weighted by molar-refractivity contribution is 0.218. The second-order valence-electron chi connectivity index (χ2n) is 5.03. The molecule has 114 valence electrons. The predicted molar refractivity (Wildman–Crippen MR) is 80.6 cm³/mol. The van der Waals surface area contributed by atoms with Gasteiger partial charge in [0.05, 0.1) is 11.9 Å². The van der Waals surface area contributed by atoms with E-state index in [1.165, 1.54) is 42.9 Å². The molecule has 0 aliphatic heterocycles. The SMILES string of the molecule is CNS(=O)(=O)n1cncc1C(O)c1cc2c(s1)CCCC2. The standard InChI is InChI=1S/C13H17N3O3S2/c1-14-21(18,19)16-8-15-7-10(16)13(17)12-6-9-4-2-3-5-11(9)20-12/h6-8,13-14,17H,2-5H2,1H3. The quantitative estimate of drug-likeness (QED) is 0.884. The van der Waals surface area contributed by atoms with Crippen LogP contribution in [0.3, 0.4) is 0 Å². The van der Waals surface area contributed by atoms with Crippen molar-refractivity contribution in [3.05, 3.63) is 39.6 Å². The first-order chi connectivity index (χ1) is 10.0. The molecule has 2 aromatic rings. The Hall–Kier alpha value is -1.22. The Kier molecular flexibility index (Phi) is 3.87. The number of nitrogens with one attached hydrogen (secondary N) is 1. The Bertz CT molecular complexity index is 725. The van der Waals surface area contributed by atoms with Crippen LogP contribution in [-0.2, 0) is 23.1 Å². The lowest BCUT2D eigenvalue weighted by atomic mass is 9.99. The lowest BCUT2D eigenvalue weighted by Crippen LogP contribution is -2.28. The van der Waals surface area contributed by atoms with E-state index in [1.807, 2.05) is 6.07 Å². The molecule has 0 aromatic carbocycles. The minimum atomic E-state index is -3.69. The number of nitrogens with zero attached hydrogens (tertiary/aromatic N) is 2. The van der Waals surface area contributed by atoms with E-state index in [4.69, 9.17) is 0 Å². The van der Waals surface area contributed by atoms with Crippen LogP contribution in [0.5, 0.6) is 0 Å². The fourth-order valence-corrected chi connectivity index (χ4v) is 4.63. The Balaban J connectivity index is 1.98. The van der Waals surface area contributed by atoms with Gasteiger partial charge in [0.15, 0.2) is 0 Å². The zero-order valence-corrected chi connectivity index (χ0v) is 13.2. The number of fused-ring (bicyclic) bond motifs is 1. The van der Waals surface area contributed by atoms with Crippen molar-refractivity contribution in [3.63, 3.8) is 0 Å². The number of thiophene rings is 1. The summed E-state index contributed by atoms with van der Waals surface area (Å²) in [6.07, 6.45) is 6.02. The van der Waals surface area contributed by atoms with Crippen LogP contribution in [0.15, 0.2) is 18.6 Å². The van der Waals surface area contributed by atoms with Gasteiger partial charge in [0.2, 0.25) is 0 Å². The predicted octanol–water partition coefficient (Wildman–Crippen LogP) is 1.22. The molecule has 2 aromatic heterocycles. The largest absolute Gasteiger partial charge is 0.381 e. The van der Waals surface area contributed by atoms with Gasteiger partial charge in [-0.05, 0) is 37.3 Å². The highest BCUT2D eigenvalue weighted by atomic mass is 32.2. The molecule has 0 saturated carbocycles. The first-order valence-corrected chi connectivity index (χ1v) is 9.04. The van der Waals surface area contributed by atoms with E-state index in [-0.39, 0.29) is 5.69 Å². The molecule has 1 aliphatic rings. The first kappa shape index (κ1) is 14.7. The normalized spacial score (nSPS) is 16.7. The van der Waals surface area contributed by atoms with Crippen molar-refractivity contribution in [3.8, 4) is 0 Å². The number of aromatic nitrogens is 2. The fraction of sp³-hybridized carbons (Fsp3) is 0.462. The number of aliphatic hydroxyl groups excluding tert-OH is 1. The van der Waals surface area contributed by atoms with Gasteiger partial charge in [0.25, 0.3) is 0 Å². The minimum Gasteiger partial charge on any atom is -0.381 e. The van der Waals surface area contributed by atoms with Gasteiger partial charge in [-0.2, -0.15) is 8.42 Å². The van der Waals surface area contributed by atoms with Crippen molar-refractivity contribution in [1.82, 2.24) is 13.7 Å². The van der Waals surface area contributed by atoms with E-state index < -0.39 is 16.3 Å². The molecule has 6 nitrogen and oxygen atoms in total. The van der Waals surface area contributed by atoms with Gasteiger partial charge < -0.3 is 5.11 Å². The van der Waals surface area contributed by atoms with Crippen LogP contribution < -0.4 is 4.72 Å². The molecule has 0 fully saturated rings. The number of aryl methyl sites for hydroxylation is 2. The third-order valence-electron chi connectivity index (χ3n) is 3.72. The first-order valence-electron chi connectivity index (χ1n) is 6.79. The Morgan fingerprint density at radius 1 is 1.43 bits per heavy atom. The summed E-state index contributed by atoms with van der Waals surface area (Å²) < 4.78 is 27.0. The van der Waals surface area contributed by atoms with Gasteiger partial charge >= 0.3 is 10.2 Å². The summed E-state index contributed by atoms with van der Waals surface area (Å²) in [6.45, 7) is 0. The molecule has 2 heterocycles.